The predicted octanol–water partition coefficient (Wildman–Crippen LogP) is 2.19. The van der Waals surface area contributed by atoms with Gasteiger partial charge in [0.05, 0.1) is 12.7 Å². The molecule has 1 atom stereocenters. The lowest BCUT2D eigenvalue weighted by Gasteiger charge is -2.17. The Kier molecular flexibility index (Phi) is 9.41. The average molecular weight is 286 g/mol. The van der Waals surface area contributed by atoms with Crippen LogP contribution in [0.4, 0.5) is 4.79 Å². The Morgan fingerprint density at radius 3 is 2.65 bits per heavy atom. The molecule has 0 radical (unpaired) electrons. The number of hydrogen-bond acceptors (Lipinski definition) is 3. The molecule has 118 valence electrons. The normalized spacial score (nSPS) is 18.3. The van der Waals surface area contributed by atoms with Crippen LogP contribution in [0.15, 0.2) is 0 Å². The molecule has 1 rings (SSSR count). The third-order valence-electron chi connectivity index (χ3n) is 3.72. The molecule has 0 heterocycles. The Hall–Kier alpha value is -0.810. The van der Waals surface area contributed by atoms with Crippen LogP contribution in [0.1, 0.15) is 58.3 Å². The molecule has 1 aliphatic rings. The van der Waals surface area contributed by atoms with Gasteiger partial charge in [0.15, 0.2) is 0 Å². The number of carbonyl (C=O) groups is 1. The Morgan fingerprint density at radius 1 is 1.30 bits per heavy atom. The first-order chi connectivity index (χ1) is 9.72. The molecule has 1 fully saturated rings. The monoisotopic (exact) mass is 286 g/mol. The standard InChI is InChI=1S/C15H30N2O3/c1-13(7-6-11-18)17-15(19)16-10-12-20-14-8-4-2-3-5-9-14/h13-14,18H,2-12H2,1H3,(H2,16,17,19). The summed E-state index contributed by atoms with van der Waals surface area (Å²) in [4.78, 5) is 11.6. The lowest BCUT2D eigenvalue weighted by molar-refractivity contribution is 0.0460. The minimum absolute atomic E-state index is 0.0879. The third-order valence-corrected chi connectivity index (χ3v) is 3.72. The van der Waals surface area contributed by atoms with Gasteiger partial charge in [-0.05, 0) is 32.6 Å². The summed E-state index contributed by atoms with van der Waals surface area (Å²) in [5.41, 5.74) is 0. The van der Waals surface area contributed by atoms with E-state index in [1.54, 1.807) is 0 Å². The minimum Gasteiger partial charge on any atom is -0.396 e. The van der Waals surface area contributed by atoms with E-state index in [0.717, 1.165) is 19.3 Å². The van der Waals surface area contributed by atoms with Crippen LogP contribution in [0.25, 0.3) is 0 Å². The van der Waals surface area contributed by atoms with Gasteiger partial charge in [-0.1, -0.05) is 25.7 Å². The fourth-order valence-electron chi connectivity index (χ4n) is 2.54. The number of aliphatic hydroxyl groups is 1. The lowest BCUT2D eigenvalue weighted by Crippen LogP contribution is -2.42. The quantitative estimate of drug-likeness (QED) is 0.473. The zero-order valence-electron chi connectivity index (χ0n) is 12.7. The maximum Gasteiger partial charge on any atom is 0.315 e. The van der Waals surface area contributed by atoms with Crippen LogP contribution in [0.5, 0.6) is 0 Å². The summed E-state index contributed by atoms with van der Waals surface area (Å²) >= 11 is 0. The molecule has 0 saturated heterocycles. The van der Waals surface area contributed by atoms with Crippen molar-refractivity contribution < 1.29 is 14.6 Å². The summed E-state index contributed by atoms with van der Waals surface area (Å²) in [6.45, 7) is 3.25. The number of hydrogen-bond donors (Lipinski definition) is 3. The first-order valence-corrected chi connectivity index (χ1v) is 7.99. The molecule has 0 aliphatic heterocycles. The highest BCUT2D eigenvalue weighted by Crippen LogP contribution is 2.19. The first kappa shape index (κ1) is 17.2. The smallest absolute Gasteiger partial charge is 0.315 e. The van der Waals surface area contributed by atoms with E-state index in [2.05, 4.69) is 10.6 Å². The highest BCUT2D eigenvalue weighted by atomic mass is 16.5. The Labute approximate surface area is 122 Å². The van der Waals surface area contributed by atoms with E-state index in [0.29, 0.717) is 25.7 Å². The van der Waals surface area contributed by atoms with Crippen LogP contribution in [0.2, 0.25) is 0 Å². The third kappa shape index (κ3) is 8.38. The van der Waals surface area contributed by atoms with E-state index >= 15 is 0 Å². The topological polar surface area (TPSA) is 70.6 Å². The van der Waals surface area contributed by atoms with Gasteiger partial charge in [0, 0.05) is 19.2 Å². The molecule has 20 heavy (non-hydrogen) atoms. The van der Waals surface area contributed by atoms with Crippen molar-refractivity contribution >= 4 is 6.03 Å². The Bertz CT molecular complexity index is 254. The number of carbonyl (C=O) groups excluding carboxylic acids is 1. The summed E-state index contributed by atoms with van der Waals surface area (Å²) < 4.78 is 5.81. The van der Waals surface area contributed by atoms with Crippen molar-refractivity contribution in [2.75, 3.05) is 19.8 Å². The SMILES string of the molecule is CC(CCCO)NC(=O)NCCOC1CCCCCC1. The Morgan fingerprint density at radius 2 is 2.00 bits per heavy atom. The maximum absolute atomic E-state index is 11.6. The van der Waals surface area contributed by atoms with Gasteiger partial charge in [-0.15, -0.1) is 0 Å². The molecule has 5 heteroatoms. The van der Waals surface area contributed by atoms with Gasteiger partial charge in [-0.25, -0.2) is 4.79 Å². The van der Waals surface area contributed by atoms with Gasteiger partial charge < -0.3 is 20.5 Å². The summed E-state index contributed by atoms with van der Waals surface area (Å²) in [6, 6.07) is -0.0650. The van der Waals surface area contributed by atoms with Crippen LogP contribution < -0.4 is 10.6 Å². The van der Waals surface area contributed by atoms with Crippen LogP contribution in [0.3, 0.4) is 0 Å². The summed E-state index contributed by atoms with van der Waals surface area (Å²) in [6.07, 6.45) is 9.38. The number of urea groups is 1. The number of ether oxygens (including phenoxy) is 1. The average Bonchev–Trinajstić information content (AvgIpc) is 2.70. The Balaban J connectivity index is 2.00. The largest absolute Gasteiger partial charge is 0.396 e. The molecule has 1 aliphatic carbocycles. The van der Waals surface area contributed by atoms with E-state index in [1.165, 1.54) is 25.7 Å². The van der Waals surface area contributed by atoms with Gasteiger partial charge in [0.1, 0.15) is 0 Å². The molecular formula is C15H30N2O3. The molecule has 0 aromatic carbocycles. The lowest BCUT2D eigenvalue weighted by atomic mass is 10.1. The second kappa shape index (κ2) is 10.9. The minimum atomic E-state index is -0.153. The van der Waals surface area contributed by atoms with Crippen molar-refractivity contribution in [3.8, 4) is 0 Å². The molecule has 0 aromatic rings. The second-order valence-electron chi connectivity index (χ2n) is 5.65. The van der Waals surface area contributed by atoms with E-state index in [-0.39, 0.29) is 18.7 Å². The molecule has 0 aromatic heterocycles. The van der Waals surface area contributed by atoms with Crippen LogP contribution >= 0.6 is 0 Å². The van der Waals surface area contributed by atoms with Gasteiger partial charge in [0.25, 0.3) is 0 Å². The molecular weight excluding hydrogens is 256 g/mol. The molecule has 5 nitrogen and oxygen atoms in total. The molecule has 3 N–H and O–H groups in total. The summed E-state index contributed by atoms with van der Waals surface area (Å²) in [5.74, 6) is 0. The van der Waals surface area contributed by atoms with Gasteiger partial charge >= 0.3 is 6.03 Å². The van der Waals surface area contributed by atoms with Crippen LogP contribution in [0, 0.1) is 0 Å². The van der Waals surface area contributed by atoms with Crippen molar-refractivity contribution in [1.29, 1.82) is 0 Å². The van der Waals surface area contributed by atoms with E-state index in [9.17, 15) is 4.79 Å². The zero-order chi connectivity index (χ0) is 14.6. The summed E-state index contributed by atoms with van der Waals surface area (Å²) in [7, 11) is 0. The maximum atomic E-state index is 11.6. The number of nitrogens with one attached hydrogen (secondary N) is 2. The van der Waals surface area contributed by atoms with Crippen molar-refractivity contribution in [2.45, 2.75) is 70.4 Å². The highest BCUT2D eigenvalue weighted by Gasteiger charge is 2.12. The number of aliphatic hydroxyl groups excluding tert-OH is 1. The van der Waals surface area contributed by atoms with Crippen molar-refractivity contribution in [3.63, 3.8) is 0 Å². The van der Waals surface area contributed by atoms with E-state index < -0.39 is 0 Å². The fourth-order valence-corrected chi connectivity index (χ4v) is 2.54. The first-order valence-electron chi connectivity index (χ1n) is 7.99. The van der Waals surface area contributed by atoms with Crippen LogP contribution in [-0.2, 0) is 4.74 Å². The van der Waals surface area contributed by atoms with Gasteiger partial charge in [-0.2, -0.15) is 0 Å². The molecule has 0 bridgehead atoms. The van der Waals surface area contributed by atoms with Gasteiger partial charge in [-0.3, -0.25) is 0 Å². The zero-order valence-corrected chi connectivity index (χ0v) is 12.7. The van der Waals surface area contributed by atoms with E-state index in [4.69, 9.17) is 9.84 Å². The summed E-state index contributed by atoms with van der Waals surface area (Å²) in [5, 5.41) is 14.4. The van der Waals surface area contributed by atoms with Crippen molar-refractivity contribution in [1.82, 2.24) is 10.6 Å². The molecule has 2 amide bonds. The van der Waals surface area contributed by atoms with Gasteiger partial charge in [0.2, 0.25) is 0 Å². The second-order valence-corrected chi connectivity index (χ2v) is 5.65. The van der Waals surface area contributed by atoms with Crippen LogP contribution in [-0.4, -0.2) is 43.0 Å². The molecule has 0 spiro atoms. The molecule has 1 saturated carbocycles. The number of amides is 2. The number of rotatable bonds is 8. The highest BCUT2D eigenvalue weighted by molar-refractivity contribution is 5.74. The molecule has 1 unspecified atom stereocenters. The predicted molar refractivity (Wildman–Crippen MR) is 79.8 cm³/mol. The van der Waals surface area contributed by atoms with Crippen molar-refractivity contribution in [3.05, 3.63) is 0 Å². The fraction of sp³-hybridized carbons (Fsp3) is 0.933. The van der Waals surface area contributed by atoms with Crippen molar-refractivity contribution in [2.24, 2.45) is 0 Å². The van der Waals surface area contributed by atoms with E-state index in [1.807, 2.05) is 6.92 Å².